The summed E-state index contributed by atoms with van der Waals surface area (Å²) in [6.07, 6.45) is 6.97. The van der Waals surface area contributed by atoms with Crippen molar-refractivity contribution in [2.24, 2.45) is 0 Å². The highest BCUT2D eigenvalue weighted by atomic mass is 32.2. The summed E-state index contributed by atoms with van der Waals surface area (Å²) in [4.78, 5) is 15.1. The number of nitrogens with one attached hydrogen (secondary N) is 2. The van der Waals surface area contributed by atoms with Crippen LogP contribution in [0.1, 0.15) is 55.3 Å². The van der Waals surface area contributed by atoms with Gasteiger partial charge in [-0.1, -0.05) is 18.9 Å². The Bertz CT molecular complexity index is 1050. The fourth-order valence-corrected chi connectivity index (χ4v) is 5.70. The lowest BCUT2D eigenvalue weighted by Crippen LogP contribution is -2.32. The molecule has 2 aromatic carbocycles. The van der Waals surface area contributed by atoms with Crippen molar-refractivity contribution in [2.45, 2.75) is 55.9 Å². The van der Waals surface area contributed by atoms with Crippen molar-refractivity contribution < 1.29 is 17.6 Å². The van der Waals surface area contributed by atoms with E-state index in [4.69, 9.17) is 0 Å². The zero-order valence-corrected chi connectivity index (χ0v) is 18.3. The first kappa shape index (κ1) is 21.8. The van der Waals surface area contributed by atoms with Crippen LogP contribution in [0.3, 0.4) is 0 Å². The summed E-state index contributed by atoms with van der Waals surface area (Å²) in [5.41, 5.74) is 1.38. The van der Waals surface area contributed by atoms with Crippen molar-refractivity contribution in [2.75, 3.05) is 23.3 Å². The molecule has 166 valence electrons. The number of rotatable bonds is 6. The molecule has 2 fully saturated rings. The number of amides is 1. The number of carbonyl (C=O) groups is 1. The van der Waals surface area contributed by atoms with E-state index in [1.807, 2.05) is 0 Å². The summed E-state index contributed by atoms with van der Waals surface area (Å²) in [7, 11) is -3.70. The predicted octanol–water partition coefficient (Wildman–Crippen LogP) is 4.29. The molecule has 0 radical (unpaired) electrons. The highest BCUT2D eigenvalue weighted by Crippen LogP contribution is 2.30. The maximum atomic E-state index is 13.9. The summed E-state index contributed by atoms with van der Waals surface area (Å²) in [5, 5.41) is 2.78. The maximum absolute atomic E-state index is 13.9. The molecule has 6 nitrogen and oxygen atoms in total. The average Bonchev–Trinajstić information content (AvgIpc) is 3.27. The molecular formula is C23H28FN3O3S. The lowest BCUT2D eigenvalue weighted by atomic mass is 10.1. The second-order valence-corrected chi connectivity index (χ2v) is 10.0. The smallest absolute Gasteiger partial charge is 0.255 e. The van der Waals surface area contributed by atoms with Gasteiger partial charge in [0.1, 0.15) is 5.82 Å². The summed E-state index contributed by atoms with van der Waals surface area (Å²) in [5.74, 6) is -0.907. The lowest BCUT2D eigenvalue weighted by Gasteiger charge is -2.30. The van der Waals surface area contributed by atoms with Crippen molar-refractivity contribution in [3.63, 3.8) is 0 Å². The molecule has 1 aliphatic heterocycles. The molecule has 0 aromatic heterocycles. The second-order valence-electron chi connectivity index (χ2n) is 8.29. The van der Waals surface area contributed by atoms with Crippen LogP contribution in [0.25, 0.3) is 0 Å². The van der Waals surface area contributed by atoms with Crippen LogP contribution in [0.5, 0.6) is 0 Å². The van der Waals surface area contributed by atoms with Gasteiger partial charge >= 0.3 is 0 Å². The Morgan fingerprint density at radius 1 is 0.968 bits per heavy atom. The molecule has 31 heavy (non-hydrogen) atoms. The van der Waals surface area contributed by atoms with Gasteiger partial charge in [-0.15, -0.1) is 0 Å². The molecule has 4 rings (SSSR count). The molecule has 1 amide bonds. The second kappa shape index (κ2) is 9.36. The topological polar surface area (TPSA) is 78.5 Å². The highest BCUT2D eigenvalue weighted by Gasteiger charge is 2.24. The number of halogens is 1. The number of sulfonamides is 1. The van der Waals surface area contributed by atoms with Crippen LogP contribution in [0.15, 0.2) is 47.4 Å². The SMILES string of the molecule is O=C(Nc1cc(F)ccc1N1CCCCC1)c1cccc(S(=O)(=O)NC2CCCC2)c1. The van der Waals surface area contributed by atoms with Crippen LogP contribution < -0.4 is 14.9 Å². The normalized spacial score (nSPS) is 17.6. The quantitative estimate of drug-likeness (QED) is 0.695. The van der Waals surface area contributed by atoms with Crippen LogP contribution in [0.4, 0.5) is 15.8 Å². The third-order valence-corrected chi connectivity index (χ3v) is 7.51. The minimum atomic E-state index is -3.70. The molecular weight excluding hydrogens is 417 g/mol. The summed E-state index contributed by atoms with van der Waals surface area (Å²) >= 11 is 0. The fourth-order valence-electron chi connectivity index (χ4n) is 4.35. The number of carbonyl (C=O) groups excluding carboxylic acids is 1. The Morgan fingerprint density at radius 3 is 2.45 bits per heavy atom. The van der Waals surface area contributed by atoms with E-state index in [9.17, 15) is 17.6 Å². The van der Waals surface area contributed by atoms with E-state index >= 15 is 0 Å². The first-order valence-corrected chi connectivity index (χ1v) is 12.4. The van der Waals surface area contributed by atoms with Crippen LogP contribution in [0.2, 0.25) is 0 Å². The predicted molar refractivity (Wildman–Crippen MR) is 119 cm³/mol. The Balaban J connectivity index is 1.54. The van der Waals surface area contributed by atoms with Gasteiger partial charge in [0.25, 0.3) is 5.91 Å². The third kappa shape index (κ3) is 5.25. The van der Waals surface area contributed by atoms with E-state index in [1.54, 1.807) is 18.2 Å². The van der Waals surface area contributed by atoms with E-state index < -0.39 is 21.7 Å². The largest absolute Gasteiger partial charge is 0.370 e. The Labute approximate surface area is 182 Å². The molecule has 1 aliphatic carbocycles. The standard InChI is InChI=1S/C23H28FN3O3S/c24-18-11-12-22(27-13-4-1-5-14-27)21(16-18)25-23(28)17-7-6-10-20(15-17)31(29,30)26-19-8-2-3-9-19/h6-7,10-12,15-16,19,26H,1-5,8-9,13-14H2,(H,25,28). The van der Waals surface area contributed by atoms with Gasteiger partial charge in [0, 0.05) is 24.7 Å². The molecule has 8 heteroatoms. The molecule has 1 saturated carbocycles. The van der Waals surface area contributed by atoms with E-state index in [2.05, 4.69) is 14.9 Å². The Kier molecular flexibility index (Phi) is 6.57. The van der Waals surface area contributed by atoms with E-state index in [1.165, 1.54) is 24.3 Å². The van der Waals surface area contributed by atoms with E-state index in [0.29, 0.717) is 5.69 Å². The summed E-state index contributed by atoms with van der Waals surface area (Å²) < 4.78 is 42.1. The Morgan fingerprint density at radius 2 is 1.71 bits per heavy atom. The Hall–Kier alpha value is -2.45. The molecule has 1 heterocycles. The number of benzene rings is 2. The number of hydrogen-bond acceptors (Lipinski definition) is 4. The average molecular weight is 446 g/mol. The van der Waals surface area contributed by atoms with Crippen LogP contribution >= 0.6 is 0 Å². The first-order chi connectivity index (χ1) is 14.9. The first-order valence-electron chi connectivity index (χ1n) is 10.9. The highest BCUT2D eigenvalue weighted by molar-refractivity contribution is 7.89. The van der Waals surface area contributed by atoms with Crippen molar-refractivity contribution in [1.82, 2.24) is 4.72 Å². The van der Waals surface area contributed by atoms with Crippen molar-refractivity contribution in [1.29, 1.82) is 0 Å². The van der Waals surface area contributed by atoms with E-state index in [-0.39, 0.29) is 16.5 Å². The molecule has 2 aromatic rings. The van der Waals surface area contributed by atoms with Crippen LogP contribution in [-0.4, -0.2) is 33.5 Å². The van der Waals surface area contributed by atoms with Crippen LogP contribution in [-0.2, 0) is 10.0 Å². The third-order valence-electron chi connectivity index (χ3n) is 5.99. The minimum Gasteiger partial charge on any atom is -0.370 e. The van der Waals surface area contributed by atoms with Gasteiger partial charge in [0.05, 0.1) is 16.3 Å². The molecule has 1 saturated heterocycles. The zero-order valence-electron chi connectivity index (χ0n) is 17.4. The molecule has 0 unspecified atom stereocenters. The monoisotopic (exact) mass is 445 g/mol. The zero-order chi connectivity index (χ0) is 21.8. The lowest BCUT2D eigenvalue weighted by molar-refractivity contribution is 0.102. The summed E-state index contributed by atoms with van der Waals surface area (Å²) in [6.45, 7) is 1.71. The molecule has 2 N–H and O–H groups in total. The molecule has 0 spiro atoms. The fraction of sp³-hybridized carbons (Fsp3) is 0.435. The minimum absolute atomic E-state index is 0.0538. The number of hydrogen-bond donors (Lipinski definition) is 2. The van der Waals surface area contributed by atoms with Crippen molar-refractivity contribution in [3.05, 3.63) is 53.8 Å². The van der Waals surface area contributed by atoms with Gasteiger partial charge in [-0.3, -0.25) is 4.79 Å². The van der Waals surface area contributed by atoms with Gasteiger partial charge in [0.2, 0.25) is 10.0 Å². The molecule has 0 bridgehead atoms. The van der Waals surface area contributed by atoms with Crippen LogP contribution in [0, 0.1) is 5.82 Å². The van der Waals surface area contributed by atoms with Crippen molar-refractivity contribution >= 4 is 27.3 Å². The van der Waals surface area contributed by atoms with Crippen molar-refractivity contribution in [3.8, 4) is 0 Å². The van der Waals surface area contributed by atoms with Gasteiger partial charge in [-0.2, -0.15) is 0 Å². The van der Waals surface area contributed by atoms with E-state index in [0.717, 1.165) is 63.7 Å². The van der Waals surface area contributed by atoms with Gasteiger partial charge < -0.3 is 10.2 Å². The number of anilines is 2. The van der Waals surface area contributed by atoms with Gasteiger partial charge in [-0.05, 0) is 68.5 Å². The molecule has 2 aliphatic rings. The number of nitrogens with zero attached hydrogens (tertiary/aromatic N) is 1. The maximum Gasteiger partial charge on any atom is 0.255 e. The van der Waals surface area contributed by atoms with Gasteiger partial charge in [0.15, 0.2) is 0 Å². The summed E-state index contributed by atoms with van der Waals surface area (Å²) in [6, 6.07) is 10.3. The number of piperidine rings is 1. The molecule has 0 atom stereocenters. The van der Waals surface area contributed by atoms with Gasteiger partial charge in [-0.25, -0.2) is 17.5 Å².